The van der Waals surface area contributed by atoms with Crippen molar-refractivity contribution in [2.45, 2.75) is 6.92 Å². The van der Waals surface area contributed by atoms with Crippen molar-refractivity contribution in [1.82, 2.24) is 14.8 Å². The lowest BCUT2D eigenvalue weighted by atomic mass is 10.4. The van der Waals surface area contributed by atoms with Gasteiger partial charge in [0, 0.05) is 18.8 Å². The highest BCUT2D eigenvalue weighted by Crippen LogP contribution is 2.18. The lowest BCUT2D eigenvalue weighted by Crippen LogP contribution is -2.13. The normalized spacial score (nSPS) is 10.5. The molecular formula is C11H11F2N5O. The quantitative estimate of drug-likeness (QED) is 0.867. The maximum absolute atomic E-state index is 13.7. The first kappa shape index (κ1) is 12.9. The van der Waals surface area contributed by atoms with Gasteiger partial charge in [0.1, 0.15) is 5.69 Å². The van der Waals surface area contributed by atoms with Gasteiger partial charge in [0.25, 0.3) is 5.91 Å². The number of anilines is 1. The van der Waals surface area contributed by atoms with Gasteiger partial charge < -0.3 is 11.1 Å². The van der Waals surface area contributed by atoms with Gasteiger partial charge >= 0.3 is 0 Å². The van der Waals surface area contributed by atoms with Crippen LogP contribution in [-0.2, 0) is 0 Å². The molecule has 0 aromatic carbocycles. The molecule has 100 valence electrons. The molecule has 0 bridgehead atoms. The molecule has 0 radical (unpaired) electrons. The van der Waals surface area contributed by atoms with Crippen molar-refractivity contribution in [3.8, 4) is 5.82 Å². The summed E-state index contributed by atoms with van der Waals surface area (Å²) < 4.78 is 28.1. The SMILES string of the molecule is CCNc1nc(-n2ccc(C(N)=O)n2)c(F)cc1F. The lowest BCUT2D eigenvalue weighted by Gasteiger charge is -2.08. The van der Waals surface area contributed by atoms with E-state index >= 15 is 0 Å². The number of halogens is 2. The number of nitrogens with two attached hydrogens (primary N) is 1. The maximum Gasteiger partial charge on any atom is 0.269 e. The van der Waals surface area contributed by atoms with E-state index in [1.54, 1.807) is 6.92 Å². The molecule has 0 fully saturated rings. The van der Waals surface area contributed by atoms with Crippen LogP contribution in [0.25, 0.3) is 5.82 Å². The number of rotatable bonds is 4. The molecule has 3 N–H and O–H groups in total. The number of pyridine rings is 1. The van der Waals surface area contributed by atoms with Crippen molar-refractivity contribution < 1.29 is 13.6 Å². The second-order valence-corrected chi connectivity index (χ2v) is 3.66. The predicted molar refractivity (Wildman–Crippen MR) is 64.0 cm³/mol. The molecule has 0 atom stereocenters. The van der Waals surface area contributed by atoms with Crippen LogP contribution in [-0.4, -0.2) is 27.2 Å². The first-order valence-electron chi connectivity index (χ1n) is 5.48. The van der Waals surface area contributed by atoms with Crippen LogP contribution in [0.3, 0.4) is 0 Å². The van der Waals surface area contributed by atoms with E-state index in [2.05, 4.69) is 15.4 Å². The first-order chi connectivity index (χ1) is 9.02. The Kier molecular flexibility index (Phi) is 3.41. The molecule has 0 unspecified atom stereocenters. The predicted octanol–water partition coefficient (Wildman–Crippen LogP) is 1.08. The molecule has 2 aromatic heterocycles. The molecule has 2 rings (SSSR count). The average molecular weight is 267 g/mol. The second kappa shape index (κ2) is 5.01. The zero-order valence-corrected chi connectivity index (χ0v) is 10.0. The molecule has 0 spiro atoms. The molecule has 2 heterocycles. The average Bonchev–Trinajstić information content (AvgIpc) is 2.82. The zero-order valence-electron chi connectivity index (χ0n) is 10.0. The Balaban J connectivity index is 2.48. The van der Waals surface area contributed by atoms with Crippen LogP contribution in [0.2, 0.25) is 0 Å². The fourth-order valence-electron chi connectivity index (χ4n) is 1.48. The topological polar surface area (TPSA) is 85.8 Å². The van der Waals surface area contributed by atoms with Crippen molar-refractivity contribution in [2.75, 3.05) is 11.9 Å². The fraction of sp³-hybridized carbons (Fsp3) is 0.182. The van der Waals surface area contributed by atoms with E-state index in [0.29, 0.717) is 12.6 Å². The molecule has 0 saturated carbocycles. The molecule has 19 heavy (non-hydrogen) atoms. The number of hydrogen-bond donors (Lipinski definition) is 2. The molecule has 6 nitrogen and oxygen atoms in total. The minimum Gasteiger partial charge on any atom is -0.368 e. The summed E-state index contributed by atoms with van der Waals surface area (Å²) in [6, 6.07) is 2.02. The number of carbonyl (C=O) groups is 1. The van der Waals surface area contributed by atoms with Crippen molar-refractivity contribution in [3.05, 3.63) is 35.7 Å². The monoisotopic (exact) mass is 267 g/mol. The van der Waals surface area contributed by atoms with E-state index in [-0.39, 0.29) is 17.3 Å². The molecular weight excluding hydrogens is 256 g/mol. The van der Waals surface area contributed by atoms with E-state index in [9.17, 15) is 13.6 Å². The third-order valence-electron chi connectivity index (χ3n) is 2.31. The van der Waals surface area contributed by atoms with Gasteiger partial charge in [-0.15, -0.1) is 0 Å². The number of primary amides is 1. The molecule has 0 saturated heterocycles. The van der Waals surface area contributed by atoms with Crippen molar-refractivity contribution in [2.24, 2.45) is 5.73 Å². The highest BCUT2D eigenvalue weighted by molar-refractivity contribution is 5.90. The third kappa shape index (κ3) is 2.51. The molecule has 1 amide bonds. The summed E-state index contributed by atoms with van der Waals surface area (Å²) in [6.45, 7) is 2.18. The highest BCUT2D eigenvalue weighted by atomic mass is 19.1. The molecule has 8 heteroatoms. The van der Waals surface area contributed by atoms with Gasteiger partial charge in [-0.05, 0) is 13.0 Å². The van der Waals surface area contributed by atoms with Gasteiger partial charge in [0.05, 0.1) is 0 Å². The Labute approximate surface area is 107 Å². The Bertz CT molecular complexity index is 626. The minimum absolute atomic E-state index is 0.0319. The summed E-state index contributed by atoms with van der Waals surface area (Å²) in [4.78, 5) is 14.7. The van der Waals surface area contributed by atoms with Crippen LogP contribution in [0.15, 0.2) is 18.3 Å². The smallest absolute Gasteiger partial charge is 0.269 e. The van der Waals surface area contributed by atoms with Gasteiger partial charge in [0.2, 0.25) is 0 Å². The Morgan fingerprint density at radius 3 is 2.79 bits per heavy atom. The standard InChI is InChI=1S/C11H11F2N5O/c1-2-15-10-6(12)5-7(13)11(16-10)18-4-3-8(17-18)9(14)19/h3-5H,2H2,1H3,(H2,14,19)(H,15,16). The lowest BCUT2D eigenvalue weighted by molar-refractivity contribution is 0.0995. The summed E-state index contributed by atoms with van der Waals surface area (Å²) in [7, 11) is 0. The van der Waals surface area contributed by atoms with Crippen LogP contribution in [0.1, 0.15) is 17.4 Å². The summed E-state index contributed by atoms with van der Waals surface area (Å²) in [5.74, 6) is -2.74. The fourth-order valence-corrected chi connectivity index (χ4v) is 1.48. The molecule has 2 aromatic rings. The van der Waals surface area contributed by atoms with Crippen molar-refractivity contribution >= 4 is 11.7 Å². The molecule has 0 aliphatic rings. The Morgan fingerprint density at radius 1 is 1.47 bits per heavy atom. The van der Waals surface area contributed by atoms with Crippen LogP contribution in [0.5, 0.6) is 0 Å². The van der Waals surface area contributed by atoms with Gasteiger partial charge in [-0.25, -0.2) is 18.4 Å². The van der Waals surface area contributed by atoms with Gasteiger partial charge in [0.15, 0.2) is 23.3 Å². The van der Waals surface area contributed by atoms with E-state index < -0.39 is 17.5 Å². The summed E-state index contributed by atoms with van der Waals surface area (Å²) in [5, 5.41) is 6.42. The number of carbonyl (C=O) groups excluding carboxylic acids is 1. The van der Waals surface area contributed by atoms with E-state index in [1.807, 2.05) is 0 Å². The third-order valence-corrected chi connectivity index (χ3v) is 2.31. The van der Waals surface area contributed by atoms with Crippen molar-refractivity contribution in [1.29, 1.82) is 0 Å². The Morgan fingerprint density at radius 2 is 2.21 bits per heavy atom. The zero-order chi connectivity index (χ0) is 14.0. The number of aromatic nitrogens is 3. The molecule has 0 aliphatic heterocycles. The minimum atomic E-state index is -0.890. The van der Waals surface area contributed by atoms with E-state index in [0.717, 1.165) is 4.68 Å². The largest absolute Gasteiger partial charge is 0.368 e. The first-order valence-corrected chi connectivity index (χ1v) is 5.48. The second-order valence-electron chi connectivity index (χ2n) is 3.66. The number of nitrogens with one attached hydrogen (secondary N) is 1. The van der Waals surface area contributed by atoms with Crippen LogP contribution < -0.4 is 11.1 Å². The van der Waals surface area contributed by atoms with Gasteiger partial charge in [-0.3, -0.25) is 4.79 Å². The summed E-state index contributed by atoms with van der Waals surface area (Å²) >= 11 is 0. The number of hydrogen-bond acceptors (Lipinski definition) is 4. The van der Waals surface area contributed by atoms with Crippen molar-refractivity contribution in [3.63, 3.8) is 0 Å². The van der Waals surface area contributed by atoms with E-state index in [4.69, 9.17) is 5.73 Å². The van der Waals surface area contributed by atoms with Crippen LogP contribution in [0, 0.1) is 11.6 Å². The van der Waals surface area contributed by atoms with Gasteiger partial charge in [-0.2, -0.15) is 5.10 Å². The maximum atomic E-state index is 13.7. The Hall–Kier alpha value is -2.51. The molecule has 0 aliphatic carbocycles. The van der Waals surface area contributed by atoms with E-state index in [1.165, 1.54) is 12.3 Å². The highest BCUT2D eigenvalue weighted by Gasteiger charge is 2.15. The number of amides is 1. The van der Waals surface area contributed by atoms with Crippen LogP contribution in [0.4, 0.5) is 14.6 Å². The summed E-state index contributed by atoms with van der Waals surface area (Å²) in [6.07, 6.45) is 1.32. The number of nitrogens with zero attached hydrogens (tertiary/aromatic N) is 3. The van der Waals surface area contributed by atoms with Gasteiger partial charge in [-0.1, -0.05) is 0 Å². The van der Waals surface area contributed by atoms with Crippen LogP contribution >= 0.6 is 0 Å². The summed E-state index contributed by atoms with van der Waals surface area (Å²) in [5.41, 5.74) is 5.01.